The van der Waals surface area contributed by atoms with Gasteiger partial charge in [0.05, 0.1) is 6.04 Å². The van der Waals surface area contributed by atoms with Gasteiger partial charge >= 0.3 is 6.09 Å². The van der Waals surface area contributed by atoms with Crippen molar-refractivity contribution >= 4 is 30.5 Å². The van der Waals surface area contributed by atoms with Gasteiger partial charge in [0.25, 0.3) is 6.02 Å². The number of nitrogens with zero attached hydrogens (tertiary/aromatic N) is 2. The van der Waals surface area contributed by atoms with Crippen molar-refractivity contribution in [2.75, 3.05) is 19.7 Å². The minimum Gasteiger partial charge on any atom is -0.457 e. The third-order valence-corrected chi connectivity index (χ3v) is 16.4. The number of amidine groups is 1. The molecule has 49 heavy (non-hydrogen) atoms. The van der Waals surface area contributed by atoms with Crippen LogP contribution in [0.2, 0.25) is 18.1 Å². The van der Waals surface area contributed by atoms with Gasteiger partial charge in [-0.1, -0.05) is 63.2 Å². The van der Waals surface area contributed by atoms with E-state index in [2.05, 4.69) is 55.7 Å². The largest absolute Gasteiger partial charge is 0.457 e. The Kier molecular flexibility index (Phi) is 11.7. The molecule has 1 N–H and O–H groups in total. The molecular formula is C37H56FN3O6SSi. The minimum atomic E-state index is -3.91. The Bertz CT molecular complexity index is 1590. The van der Waals surface area contributed by atoms with Crippen LogP contribution in [0.4, 0.5) is 9.18 Å². The van der Waals surface area contributed by atoms with Crippen LogP contribution in [-0.4, -0.2) is 69.9 Å². The molecule has 2 aliphatic heterocycles. The lowest BCUT2D eigenvalue weighted by molar-refractivity contribution is 0.0204. The van der Waals surface area contributed by atoms with E-state index >= 15 is 4.39 Å². The number of rotatable bonds is 9. The Labute approximate surface area is 294 Å². The van der Waals surface area contributed by atoms with E-state index < -0.39 is 46.7 Å². The number of hydrogen-bond donors (Lipinski definition) is 1. The van der Waals surface area contributed by atoms with Crippen LogP contribution in [0.1, 0.15) is 103 Å². The van der Waals surface area contributed by atoms with Gasteiger partial charge in [-0.3, -0.25) is 0 Å². The molecule has 0 aliphatic carbocycles. The van der Waals surface area contributed by atoms with Gasteiger partial charge < -0.3 is 18.8 Å². The average molecular weight is 718 g/mol. The molecule has 2 unspecified atom stereocenters. The molecule has 272 valence electrons. The van der Waals surface area contributed by atoms with Gasteiger partial charge in [-0.2, -0.15) is 0 Å². The summed E-state index contributed by atoms with van der Waals surface area (Å²) in [5.41, 5.74) is 0.747. The number of hydrogen-bond acceptors (Lipinski definition) is 7. The highest BCUT2D eigenvalue weighted by Crippen LogP contribution is 2.38. The summed E-state index contributed by atoms with van der Waals surface area (Å²) in [5, 5.41) is -0.884. The van der Waals surface area contributed by atoms with Crippen molar-refractivity contribution in [3.8, 4) is 0 Å². The molecule has 2 aliphatic rings. The van der Waals surface area contributed by atoms with Gasteiger partial charge in [0, 0.05) is 25.3 Å². The van der Waals surface area contributed by atoms with E-state index in [0.29, 0.717) is 37.6 Å². The number of amides is 1. The van der Waals surface area contributed by atoms with Crippen molar-refractivity contribution in [1.29, 1.82) is 0 Å². The topological polar surface area (TPSA) is 107 Å². The summed E-state index contributed by atoms with van der Waals surface area (Å²) in [6.45, 7) is 21.5. The zero-order chi connectivity index (χ0) is 36.4. The third-order valence-electron chi connectivity index (χ3n) is 9.96. The Hall–Kier alpha value is -2.96. The monoisotopic (exact) mass is 717 g/mol. The van der Waals surface area contributed by atoms with Crippen molar-refractivity contribution < 1.29 is 31.5 Å². The molecule has 2 aromatic rings. The van der Waals surface area contributed by atoms with E-state index in [4.69, 9.17) is 13.9 Å². The molecule has 0 spiro atoms. The van der Waals surface area contributed by atoms with Crippen LogP contribution < -0.4 is 4.72 Å². The maximum absolute atomic E-state index is 15.0. The lowest BCUT2D eigenvalue weighted by Gasteiger charge is -2.39. The fourth-order valence-electron chi connectivity index (χ4n) is 5.99. The van der Waals surface area contributed by atoms with Crippen LogP contribution in [0.25, 0.3) is 0 Å². The summed E-state index contributed by atoms with van der Waals surface area (Å²) in [6, 6.07) is 13.6. The summed E-state index contributed by atoms with van der Waals surface area (Å²) in [4.78, 5) is 18.9. The molecule has 0 aromatic heterocycles. The molecule has 0 bridgehead atoms. The van der Waals surface area contributed by atoms with E-state index in [1.807, 2.05) is 32.9 Å². The number of benzene rings is 2. The normalized spacial score (nSPS) is 21.5. The van der Waals surface area contributed by atoms with Crippen LogP contribution in [0.5, 0.6) is 0 Å². The molecule has 2 atom stereocenters. The summed E-state index contributed by atoms with van der Waals surface area (Å²) < 4.78 is 63.1. The molecule has 4 rings (SSSR count). The average Bonchev–Trinajstić information content (AvgIpc) is 2.97. The van der Waals surface area contributed by atoms with Crippen molar-refractivity contribution in [2.24, 2.45) is 4.99 Å². The SMILES string of the molecule is CC(C)(C)OC(=O)N1CCC(c2ccc(CC3C(C)(C)OC(=NC(CCO[Si](C)(C)C(C)(C)C)c4ccccc4F)NS3(=O)=O)cc2)CC1. The number of aliphatic imine (C=N–C) groups is 1. The fraction of sp³-hybridized carbons (Fsp3) is 0.622. The van der Waals surface area contributed by atoms with Gasteiger partial charge in [-0.25, -0.2) is 27.3 Å². The van der Waals surface area contributed by atoms with Crippen molar-refractivity contribution in [3.05, 3.63) is 71.0 Å². The fourth-order valence-corrected chi connectivity index (χ4v) is 8.74. The van der Waals surface area contributed by atoms with Gasteiger partial charge in [0.1, 0.15) is 22.3 Å². The number of likely N-dealkylation sites (tertiary alicyclic amines) is 1. The summed E-state index contributed by atoms with van der Waals surface area (Å²) >= 11 is 0. The molecule has 1 amide bonds. The van der Waals surface area contributed by atoms with Gasteiger partial charge in [-0.15, -0.1) is 0 Å². The third kappa shape index (κ3) is 10.1. The number of piperidine rings is 1. The van der Waals surface area contributed by atoms with Crippen LogP contribution in [0.3, 0.4) is 0 Å². The number of halogens is 1. The maximum Gasteiger partial charge on any atom is 0.410 e. The van der Waals surface area contributed by atoms with Crippen molar-refractivity contribution in [2.45, 2.75) is 128 Å². The highest BCUT2D eigenvalue weighted by Gasteiger charge is 2.47. The smallest absolute Gasteiger partial charge is 0.410 e. The maximum atomic E-state index is 15.0. The van der Waals surface area contributed by atoms with Gasteiger partial charge in [0.2, 0.25) is 10.0 Å². The standard InChI is InChI=1S/C37H56FN3O6SSi/c1-35(2,3)47-34(42)41-22-19-28(20-23-41)27-17-15-26(16-18-27)25-32-37(7,8)46-33(40-48(32,43)44)39-31(29-13-11-12-14-30(29)38)21-24-45-49(9,10)36(4,5)6/h11-18,28,31-32H,19-25H2,1-10H3,(H,39,40). The quantitative estimate of drug-likeness (QED) is 0.263. The van der Waals surface area contributed by atoms with E-state index in [1.165, 1.54) is 11.6 Å². The Morgan fingerprint density at radius 1 is 1.06 bits per heavy atom. The van der Waals surface area contributed by atoms with E-state index in [9.17, 15) is 13.2 Å². The second-order valence-electron chi connectivity index (χ2n) is 16.4. The Morgan fingerprint density at radius 2 is 1.67 bits per heavy atom. The molecule has 2 saturated heterocycles. The number of nitrogens with one attached hydrogen (secondary N) is 1. The highest BCUT2D eigenvalue weighted by molar-refractivity contribution is 7.90. The summed E-state index contributed by atoms with van der Waals surface area (Å²) in [5.74, 6) is -0.113. The van der Waals surface area contributed by atoms with Crippen molar-refractivity contribution in [3.63, 3.8) is 0 Å². The molecule has 2 fully saturated rings. The van der Waals surface area contributed by atoms with E-state index in [0.717, 1.165) is 18.4 Å². The van der Waals surface area contributed by atoms with Crippen LogP contribution >= 0.6 is 0 Å². The van der Waals surface area contributed by atoms with Gasteiger partial charge in [0.15, 0.2) is 8.32 Å². The van der Waals surface area contributed by atoms with Crippen LogP contribution in [0, 0.1) is 5.82 Å². The van der Waals surface area contributed by atoms with Gasteiger partial charge in [-0.05, 0) is 102 Å². The zero-order valence-electron chi connectivity index (χ0n) is 30.9. The predicted molar refractivity (Wildman–Crippen MR) is 195 cm³/mol. The zero-order valence-corrected chi connectivity index (χ0v) is 32.7. The number of sulfonamides is 1. The summed E-state index contributed by atoms with van der Waals surface area (Å²) in [7, 11) is -5.97. The first-order chi connectivity index (χ1) is 22.6. The first-order valence-electron chi connectivity index (χ1n) is 17.3. The highest BCUT2D eigenvalue weighted by atomic mass is 32.2. The molecule has 9 nitrogen and oxygen atoms in total. The van der Waals surface area contributed by atoms with Crippen LogP contribution in [0.15, 0.2) is 53.5 Å². The van der Waals surface area contributed by atoms with Crippen LogP contribution in [-0.2, 0) is 30.3 Å². The molecule has 2 heterocycles. The minimum absolute atomic E-state index is 0.00885. The lowest BCUT2D eigenvalue weighted by atomic mass is 9.88. The molecule has 0 saturated carbocycles. The molecule has 2 aromatic carbocycles. The molecule has 0 radical (unpaired) electrons. The van der Waals surface area contributed by atoms with E-state index in [-0.39, 0.29) is 23.6 Å². The molecular weight excluding hydrogens is 662 g/mol. The summed E-state index contributed by atoms with van der Waals surface area (Å²) in [6.07, 6.45) is 1.99. The number of ether oxygens (including phenoxy) is 2. The second kappa shape index (κ2) is 14.7. The Morgan fingerprint density at radius 3 is 2.22 bits per heavy atom. The predicted octanol–water partition coefficient (Wildman–Crippen LogP) is 8.09. The number of carbonyl (C=O) groups excluding carboxylic acids is 1. The molecule has 12 heteroatoms. The van der Waals surface area contributed by atoms with E-state index in [1.54, 1.807) is 36.9 Å². The second-order valence-corrected chi connectivity index (χ2v) is 23.1. The number of carbonyl (C=O) groups is 1. The lowest BCUT2D eigenvalue weighted by Crippen LogP contribution is -2.59. The first-order valence-corrected chi connectivity index (χ1v) is 21.8. The Balaban J connectivity index is 1.44. The first kappa shape index (κ1) is 38.8. The van der Waals surface area contributed by atoms with Crippen molar-refractivity contribution in [1.82, 2.24) is 9.62 Å².